The highest BCUT2D eigenvalue weighted by molar-refractivity contribution is 7.99. The Labute approximate surface area is 148 Å². The van der Waals surface area contributed by atoms with Gasteiger partial charge in [-0.25, -0.2) is 0 Å². The number of unbranched alkanes of at least 4 members (excludes halogenated alkanes) is 1. The summed E-state index contributed by atoms with van der Waals surface area (Å²) in [6, 6.07) is 24.4. The molecule has 0 spiro atoms. The molecule has 122 valence electrons. The van der Waals surface area contributed by atoms with Crippen LogP contribution in [0.1, 0.15) is 19.8 Å². The Morgan fingerprint density at radius 1 is 0.792 bits per heavy atom. The van der Waals surface area contributed by atoms with Gasteiger partial charge >= 0.3 is 0 Å². The minimum Gasteiger partial charge on any atom is -0.507 e. The molecule has 0 bridgehead atoms. The summed E-state index contributed by atoms with van der Waals surface area (Å²) in [5.41, 5.74) is 3.89. The zero-order chi connectivity index (χ0) is 16.8. The highest BCUT2D eigenvalue weighted by Gasteiger charge is 2.13. The van der Waals surface area contributed by atoms with Gasteiger partial charge in [0, 0.05) is 16.0 Å². The van der Waals surface area contributed by atoms with Crippen molar-refractivity contribution in [1.29, 1.82) is 0 Å². The SMILES string of the molecule is CCCCSc1cc(-c2ccccc2)c(O)c(-c2ccccc2)c1. The first-order chi connectivity index (χ1) is 11.8. The van der Waals surface area contributed by atoms with Crippen molar-refractivity contribution < 1.29 is 5.11 Å². The second kappa shape index (κ2) is 8.07. The van der Waals surface area contributed by atoms with Crippen LogP contribution in [-0.2, 0) is 0 Å². The Morgan fingerprint density at radius 2 is 1.29 bits per heavy atom. The zero-order valence-electron chi connectivity index (χ0n) is 13.9. The molecule has 3 rings (SSSR count). The fourth-order valence-corrected chi connectivity index (χ4v) is 3.77. The number of rotatable bonds is 6. The maximum Gasteiger partial charge on any atom is 0.131 e. The third-order valence-corrected chi connectivity index (χ3v) is 5.08. The molecule has 0 aliphatic carbocycles. The van der Waals surface area contributed by atoms with E-state index in [9.17, 15) is 5.11 Å². The number of benzene rings is 3. The lowest BCUT2D eigenvalue weighted by atomic mass is 9.97. The molecule has 0 aliphatic heterocycles. The van der Waals surface area contributed by atoms with Gasteiger partial charge in [0.1, 0.15) is 5.75 Å². The first-order valence-corrected chi connectivity index (χ1v) is 9.39. The maximum atomic E-state index is 10.9. The summed E-state index contributed by atoms with van der Waals surface area (Å²) in [6.07, 6.45) is 2.40. The lowest BCUT2D eigenvalue weighted by Crippen LogP contribution is -1.87. The van der Waals surface area contributed by atoms with Gasteiger partial charge in [-0.3, -0.25) is 0 Å². The molecular formula is C22H22OS. The van der Waals surface area contributed by atoms with Crippen LogP contribution < -0.4 is 0 Å². The van der Waals surface area contributed by atoms with E-state index in [2.05, 4.69) is 19.1 Å². The topological polar surface area (TPSA) is 20.2 Å². The summed E-state index contributed by atoms with van der Waals surface area (Å²) in [4.78, 5) is 1.21. The van der Waals surface area contributed by atoms with Gasteiger partial charge < -0.3 is 5.11 Å². The van der Waals surface area contributed by atoms with Crippen molar-refractivity contribution in [3.05, 3.63) is 72.8 Å². The first-order valence-electron chi connectivity index (χ1n) is 8.40. The second-order valence-electron chi connectivity index (χ2n) is 5.80. The largest absolute Gasteiger partial charge is 0.507 e. The molecule has 0 aromatic heterocycles. The molecule has 0 aliphatic rings. The van der Waals surface area contributed by atoms with Crippen LogP contribution in [-0.4, -0.2) is 10.9 Å². The minimum absolute atomic E-state index is 0.354. The summed E-state index contributed by atoms with van der Waals surface area (Å²) in [5.74, 6) is 1.45. The van der Waals surface area contributed by atoms with Crippen molar-refractivity contribution in [3.8, 4) is 28.0 Å². The van der Waals surface area contributed by atoms with Crippen molar-refractivity contribution in [2.75, 3.05) is 5.75 Å². The smallest absolute Gasteiger partial charge is 0.131 e. The fraction of sp³-hybridized carbons (Fsp3) is 0.182. The highest BCUT2D eigenvalue weighted by Crippen LogP contribution is 2.41. The van der Waals surface area contributed by atoms with Gasteiger partial charge in [-0.05, 0) is 35.4 Å². The van der Waals surface area contributed by atoms with E-state index in [1.807, 2.05) is 72.4 Å². The molecule has 0 heterocycles. The molecule has 0 unspecified atom stereocenters. The number of hydrogen-bond donors (Lipinski definition) is 1. The van der Waals surface area contributed by atoms with E-state index in [0.717, 1.165) is 28.0 Å². The Kier molecular flexibility index (Phi) is 5.60. The van der Waals surface area contributed by atoms with Gasteiger partial charge in [-0.2, -0.15) is 0 Å². The van der Waals surface area contributed by atoms with Gasteiger partial charge in [-0.15, -0.1) is 11.8 Å². The van der Waals surface area contributed by atoms with E-state index in [-0.39, 0.29) is 0 Å². The number of thioether (sulfide) groups is 1. The summed E-state index contributed by atoms with van der Waals surface area (Å²) in [6.45, 7) is 2.21. The Morgan fingerprint density at radius 3 is 1.75 bits per heavy atom. The van der Waals surface area contributed by atoms with Crippen molar-refractivity contribution >= 4 is 11.8 Å². The summed E-state index contributed by atoms with van der Waals surface area (Å²) in [7, 11) is 0. The Balaban J connectivity index is 2.09. The standard InChI is InChI=1S/C22H22OS/c1-2-3-14-24-19-15-20(17-10-6-4-7-11-17)22(23)21(16-19)18-12-8-5-9-13-18/h4-13,15-16,23H,2-3,14H2,1H3. The van der Waals surface area contributed by atoms with Crippen LogP contribution >= 0.6 is 11.8 Å². The molecule has 0 saturated carbocycles. The predicted molar refractivity (Wildman–Crippen MR) is 105 cm³/mol. The number of phenolic OH excluding ortho intramolecular Hbond substituents is 1. The molecular weight excluding hydrogens is 312 g/mol. The van der Waals surface area contributed by atoms with Gasteiger partial charge in [-0.1, -0.05) is 74.0 Å². The van der Waals surface area contributed by atoms with Crippen molar-refractivity contribution in [1.82, 2.24) is 0 Å². The van der Waals surface area contributed by atoms with Gasteiger partial charge in [0.05, 0.1) is 0 Å². The number of hydrogen-bond acceptors (Lipinski definition) is 2. The molecule has 0 atom stereocenters. The van der Waals surface area contributed by atoms with Crippen molar-refractivity contribution in [2.24, 2.45) is 0 Å². The second-order valence-corrected chi connectivity index (χ2v) is 6.97. The lowest BCUT2D eigenvalue weighted by molar-refractivity contribution is 0.479. The molecule has 0 radical (unpaired) electrons. The number of aromatic hydroxyl groups is 1. The summed E-state index contributed by atoms with van der Waals surface area (Å²) in [5, 5.41) is 10.9. The van der Waals surface area contributed by atoms with Crippen LogP contribution in [0.25, 0.3) is 22.3 Å². The van der Waals surface area contributed by atoms with Gasteiger partial charge in [0.15, 0.2) is 0 Å². The Hall–Kier alpha value is -2.19. The number of phenols is 1. The van der Waals surface area contributed by atoms with Crippen molar-refractivity contribution in [3.63, 3.8) is 0 Å². The maximum absolute atomic E-state index is 10.9. The van der Waals surface area contributed by atoms with Crippen LogP contribution in [0.3, 0.4) is 0 Å². The molecule has 3 aromatic rings. The summed E-state index contributed by atoms with van der Waals surface area (Å²) >= 11 is 1.86. The van der Waals surface area contributed by atoms with Crippen LogP contribution in [0.2, 0.25) is 0 Å². The minimum atomic E-state index is 0.354. The summed E-state index contributed by atoms with van der Waals surface area (Å²) < 4.78 is 0. The normalized spacial score (nSPS) is 10.7. The molecule has 0 amide bonds. The van der Waals surface area contributed by atoms with Gasteiger partial charge in [0.2, 0.25) is 0 Å². The van der Waals surface area contributed by atoms with E-state index in [0.29, 0.717) is 5.75 Å². The molecule has 2 heteroatoms. The molecule has 1 N–H and O–H groups in total. The van der Waals surface area contributed by atoms with E-state index < -0.39 is 0 Å². The van der Waals surface area contributed by atoms with Crippen LogP contribution in [0.4, 0.5) is 0 Å². The third-order valence-electron chi connectivity index (χ3n) is 4.02. The first kappa shape index (κ1) is 16.7. The zero-order valence-corrected chi connectivity index (χ0v) is 14.7. The van der Waals surface area contributed by atoms with Crippen LogP contribution in [0.5, 0.6) is 5.75 Å². The average molecular weight is 334 g/mol. The molecule has 1 nitrogen and oxygen atoms in total. The van der Waals surface area contributed by atoms with E-state index in [1.54, 1.807) is 0 Å². The highest BCUT2D eigenvalue weighted by atomic mass is 32.2. The third kappa shape index (κ3) is 3.82. The van der Waals surface area contributed by atoms with E-state index >= 15 is 0 Å². The van der Waals surface area contributed by atoms with E-state index in [1.165, 1.54) is 17.7 Å². The Bertz CT molecular complexity index is 721. The average Bonchev–Trinajstić information content (AvgIpc) is 2.64. The fourth-order valence-electron chi connectivity index (χ4n) is 2.70. The van der Waals surface area contributed by atoms with Crippen molar-refractivity contribution in [2.45, 2.75) is 24.7 Å². The molecule has 3 aromatic carbocycles. The molecule has 24 heavy (non-hydrogen) atoms. The molecule has 0 fully saturated rings. The van der Waals surface area contributed by atoms with E-state index in [4.69, 9.17) is 0 Å². The lowest BCUT2D eigenvalue weighted by Gasteiger charge is -2.14. The van der Waals surface area contributed by atoms with Gasteiger partial charge in [0.25, 0.3) is 0 Å². The van der Waals surface area contributed by atoms with Crippen LogP contribution in [0.15, 0.2) is 77.7 Å². The quantitative estimate of drug-likeness (QED) is 0.404. The monoisotopic (exact) mass is 334 g/mol. The predicted octanol–water partition coefficient (Wildman–Crippen LogP) is 6.62. The van der Waals surface area contributed by atoms with Crippen LogP contribution in [0, 0.1) is 0 Å². The molecule has 0 saturated heterocycles.